The molecule has 1 aromatic rings. The number of nitrogens with one attached hydrogen (secondary N) is 2. The minimum atomic E-state index is -4.62. The Bertz CT molecular complexity index is 841. The fourth-order valence-electron chi connectivity index (χ4n) is 2.65. The lowest BCUT2D eigenvalue weighted by molar-refractivity contribution is -0.150. The van der Waals surface area contributed by atoms with E-state index in [9.17, 15) is 22.8 Å². The van der Waals surface area contributed by atoms with Crippen molar-refractivity contribution in [2.45, 2.75) is 44.9 Å². The molecule has 2 amide bonds. The molecule has 1 aromatic carbocycles. The Morgan fingerprint density at radius 2 is 1.72 bits per heavy atom. The van der Waals surface area contributed by atoms with Gasteiger partial charge in [-0.05, 0) is 17.9 Å². The SMILES string of the molecule is CC(C)CCNC(=O)[C@H](Cc1ccccc1)NC(=O)[C@H]1OS(=O)(=O)O[C@@H]1C(=O)O. The Balaban J connectivity index is 2.14. The van der Waals surface area contributed by atoms with E-state index in [-0.39, 0.29) is 6.42 Å². The average Bonchev–Trinajstić information content (AvgIpc) is 2.97. The smallest absolute Gasteiger partial charge is 0.401 e. The zero-order valence-electron chi connectivity index (χ0n) is 16.0. The van der Waals surface area contributed by atoms with Gasteiger partial charge in [-0.15, -0.1) is 0 Å². The zero-order chi connectivity index (χ0) is 21.6. The molecule has 2 rings (SSSR count). The van der Waals surface area contributed by atoms with Crippen molar-refractivity contribution in [2.75, 3.05) is 6.54 Å². The molecule has 1 aliphatic heterocycles. The lowest BCUT2D eigenvalue weighted by atomic mass is 10.0. The molecule has 0 aliphatic carbocycles. The van der Waals surface area contributed by atoms with Crippen molar-refractivity contribution in [2.24, 2.45) is 5.92 Å². The van der Waals surface area contributed by atoms with Crippen LogP contribution >= 0.6 is 0 Å². The second-order valence-electron chi connectivity index (χ2n) is 7.00. The number of carboxylic acid groups (broad SMARTS) is 1. The molecule has 1 fully saturated rings. The highest BCUT2D eigenvalue weighted by molar-refractivity contribution is 7.82. The standard InChI is InChI=1S/C18H24N2O8S/c1-11(2)8-9-19-16(21)13(10-12-6-4-3-5-7-12)20-17(22)14-15(18(23)24)28-29(25,26)27-14/h3-7,11,13-15H,8-10H2,1-2H3,(H,19,21)(H,20,22)(H,23,24)/t13-,14-,15-/m0/s1. The maximum Gasteiger partial charge on any atom is 0.401 e. The molecule has 0 spiro atoms. The molecule has 10 nitrogen and oxygen atoms in total. The molecule has 160 valence electrons. The predicted octanol–water partition coefficient (Wildman–Crippen LogP) is -0.0104. The highest BCUT2D eigenvalue weighted by atomic mass is 32.3. The summed E-state index contributed by atoms with van der Waals surface area (Å²) >= 11 is 0. The van der Waals surface area contributed by atoms with Crippen LogP contribution in [0.5, 0.6) is 0 Å². The van der Waals surface area contributed by atoms with Crippen molar-refractivity contribution >= 4 is 28.2 Å². The Kier molecular flexibility index (Phi) is 7.71. The van der Waals surface area contributed by atoms with Gasteiger partial charge in [0.05, 0.1) is 0 Å². The summed E-state index contributed by atoms with van der Waals surface area (Å²) < 4.78 is 31.6. The van der Waals surface area contributed by atoms with Crippen LogP contribution < -0.4 is 10.6 Å². The van der Waals surface area contributed by atoms with Gasteiger partial charge >= 0.3 is 16.4 Å². The maximum atomic E-state index is 12.6. The van der Waals surface area contributed by atoms with Crippen molar-refractivity contribution in [3.63, 3.8) is 0 Å². The number of carboxylic acids is 1. The normalized spacial score (nSPS) is 21.5. The van der Waals surface area contributed by atoms with Crippen LogP contribution in [0.3, 0.4) is 0 Å². The summed E-state index contributed by atoms with van der Waals surface area (Å²) in [5.41, 5.74) is 0.753. The molecule has 1 heterocycles. The van der Waals surface area contributed by atoms with Crippen molar-refractivity contribution < 1.29 is 36.3 Å². The Hall–Kier alpha value is -2.50. The van der Waals surface area contributed by atoms with Crippen LogP contribution in [0.15, 0.2) is 30.3 Å². The van der Waals surface area contributed by atoms with E-state index >= 15 is 0 Å². The number of hydrogen-bond acceptors (Lipinski definition) is 7. The topological polar surface area (TPSA) is 148 Å². The maximum absolute atomic E-state index is 12.6. The summed E-state index contributed by atoms with van der Waals surface area (Å²) in [4.78, 5) is 36.3. The van der Waals surface area contributed by atoms with E-state index in [1.165, 1.54) is 0 Å². The third-order valence-corrected chi connectivity index (χ3v) is 5.04. The number of hydrogen-bond donors (Lipinski definition) is 3. The number of carbonyl (C=O) groups excluding carboxylic acids is 2. The lowest BCUT2D eigenvalue weighted by Crippen LogP contribution is -2.53. The average molecular weight is 428 g/mol. The van der Waals surface area contributed by atoms with E-state index in [2.05, 4.69) is 19.0 Å². The third kappa shape index (κ3) is 6.80. The first-order chi connectivity index (χ1) is 13.6. The van der Waals surface area contributed by atoms with E-state index in [1.807, 2.05) is 13.8 Å². The minimum absolute atomic E-state index is 0.123. The first-order valence-corrected chi connectivity index (χ1v) is 10.4. The van der Waals surface area contributed by atoms with Crippen LogP contribution in [0.2, 0.25) is 0 Å². The van der Waals surface area contributed by atoms with Gasteiger partial charge in [-0.3, -0.25) is 9.59 Å². The van der Waals surface area contributed by atoms with Crippen LogP contribution in [0, 0.1) is 5.92 Å². The molecular formula is C18H24N2O8S. The van der Waals surface area contributed by atoms with Crippen LogP contribution in [0.1, 0.15) is 25.8 Å². The van der Waals surface area contributed by atoms with E-state index < -0.39 is 46.4 Å². The first-order valence-electron chi connectivity index (χ1n) is 9.05. The highest BCUT2D eigenvalue weighted by Gasteiger charge is 2.49. The van der Waals surface area contributed by atoms with E-state index in [1.54, 1.807) is 30.3 Å². The van der Waals surface area contributed by atoms with E-state index in [0.29, 0.717) is 12.5 Å². The van der Waals surface area contributed by atoms with Crippen molar-refractivity contribution in [1.29, 1.82) is 0 Å². The second kappa shape index (κ2) is 9.81. The molecule has 11 heteroatoms. The quantitative estimate of drug-likeness (QED) is 0.497. The number of benzene rings is 1. The summed E-state index contributed by atoms with van der Waals surface area (Å²) in [7, 11) is -4.62. The lowest BCUT2D eigenvalue weighted by Gasteiger charge is -2.21. The number of rotatable bonds is 9. The molecule has 0 radical (unpaired) electrons. The van der Waals surface area contributed by atoms with Gasteiger partial charge in [0.2, 0.25) is 12.0 Å². The van der Waals surface area contributed by atoms with E-state index in [4.69, 9.17) is 5.11 Å². The zero-order valence-corrected chi connectivity index (χ0v) is 16.8. The molecule has 29 heavy (non-hydrogen) atoms. The van der Waals surface area contributed by atoms with Crippen molar-refractivity contribution in [1.82, 2.24) is 10.6 Å². The van der Waals surface area contributed by atoms with Crippen molar-refractivity contribution in [3.8, 4) is 0 Å². The number of carbonyl (C=O) groups is 3. The van der Waals surface area contributed by atoms with Gasteiger partial charge < -0.3 is 15.7 Å². The summed E-state index contributed by atoms with van der Waals surface area (Å²) in [5, 5.41) is 14.2. The fourth-order valence-corrected chi connectivity index (χ4v) is 3.57. The Morgan fingerprint density at radius 1 is 1.10 bits per heavy atom. The monoisotopic (exact) mass is 428 g/mol. The van der Waals surface area contributed by atoms with Crippen LogP contribution in [-0.2, 0) is 39.6 Å². The first kappa shape index (κ1) is 22.8. The Labute approximate surface area is 168 Å². The molecule has 3 N–H and O–H groups in total. The van der Waals surface area contributed by atoms with Crippen molar-refractivity contribution in [3.05, 3.63) is 35.9 Å². The van der Waals surface area contributed by atoms with Gasteiger partial charge in [-0.2, -0.15) is 8.42 Å². The van der Waals surface area contributed by atoms with E-state index in [0.717, 1.165) is 12.0 Å². The van der Waals surface area contributed by atoms with Gasteiger partial charge in [0.25, 0.3) is 5.91 Å². The predicted molar refractivity (Wildman–Crippen MR) is 101 cm³/mol. The molecule has 3 atom stereocenters. The summed E-state index contributed by atoms with van der Waals surface area (Å²) in [6.07, 6.45) is -3.10. The fraction of sp³-hybridized carbons (Fsp3) is 0.500. The largest absolute Gasteiger partial charge is 0.479 e. The second-order valence-corrected chi connectivity index (χ2v) is 8.21. The van der Waals surface area contributed by atoms with Crippen LogP contribution in [0.4, 0.5) is 0 Å². The number of aliphatic carboxylic acids is 1. The van der Waals surface area contributed by atoms with Crippen LogP contribution in [-0.4, -0.2) is 56.1 Å². The Morgan fingerprint density at radius 3 is 2.31 bits per heavy atom. The minimum Gasteiger partial charge on any atom is -0.479 e. The molecule has 1 aliphatic rings. The summed E-state index contributed by atoms with van der Waals surface area (Å²) in [5.74, 6) is -2.86. The van der Waals surface area contributed by atoms with Crippen LogP contribution in [0.25, 0.3) is 0 Å². The van der Waals surface area contributed by atoms with Gasteiger partial charge in [0.1, 0.15) is 6.04 Å². The number of amides is 2. The molecule has 0 unspecified atom stereocenters. The van der Waals surface area contributed by atoms with Gasteiger partial charge in [0.15, 0.2) is 6.10 Å². The van der Waals surface area contributed by atoms with Gasteiger partial charge in [-0.1, -0.05) is 44.2 Å². The highest BCUT2D eigenvalue weighted by Crippen LogP contribution is 2.21. The molecule has 0 saturated carbocycles. The van der Waals surface area contributed by atoms with Gasteiger partial charge in [-0.25, -0.2) is 13.2 Å². The summed E-state index contributed by atoms with van der Waals surface area (Å²) in [6, 6.07) is 7.81. The van der Waals surface area contributed by atoms with Gasteiger partial charge in [0, 0.05) is 13.0 Å². The third-order valence-electron chi connectivity index (χ3n) is 4.16. The summed E-state index contributed by atoms with van der Waals surface area (Å²) in [6.45, 7) is 4.39. The molecule has 1 saturated heterocycles. The molecule has 0 bridgehead atoms. The molecular weight excluding hydrogens is 404 g/mol. The molecule has 0 aromatic heterocycles.